The number of carboxylic acids is 1. The maximum atomic E-state index is 12.4. The maximum Gasteiger partial charge on any atom is 0.490 e. The number of rotatable bonds is 10. The molecule has 0 saturated carbocycles. The first-order valence-electron chi connectivity index (χ1n) is 11.4. The summed E-state index contributed by atoms with van der Waals surface area (Å²) in [6.45, 7) is 3.81. The first-order valence-corrected chi connectivity index (χ1v) is 11.4. The fourth-order valence-corrected chi connectivity index (χ4v) is 2.83. The van der Waals surface area contributed by atoms with Crippen LogP contribution in [0.4, 0.5) is 18.9 Å². The van der Waals surface area contributed by atoms with Gasteiger partial charge in [0.2, 0.25) is 11.8 Å². The highest BCUT2D eigenvalue weighted by molar-refractivity contribution is 5.99. The molecule has 0 radical (unpaired) electrons. The predicted octanol–water partition coefficient (Wildman–Crippen LogP) is 3.92. The third-order valence-corrected chi connectivity index (χ3v) is 5.02. The zero-order valence-electron chi connectivity index (χ0n) is 20.8. The van der Waals surface area contributed by atoms with E-state index in [0.717, 1.165) is 6.42 Å². The number of aliphatic carboxylic acids is 1. The summed E-state index contributed by atoms with van der Waals surface area (Å²) in [5, 5.41) is 12.9. The lowest BCUT2D eigenvalue weighted by atomic mass is 10.0. The molecule has 5 N–H and O–H groups in total. The number of methoxy groups -OCH3 is 1. The van der Waals surface area contributed by atoms with Crippen LogP contribution in [0.2, 0.25) is 0 Å². The summed E-state index contributed by atoms with van der Waals surface area (Å²) in [6.07, 6.45) is -0.492. The molecule has 0 fully saturated rings. The van der Waals surface area contributed by atoms with E-state index in [1.54, 1.807) is 37.5 Å². The van der Waals surface area contributed by atoms with Crippen LogP contribution in [0.5, 0.6) is 5.75 Å². The number of carbonyl (C=O) groups is 3. The Morgan fingerprint density at radius 2 is 1.62 bits per heavy atom. The number of hydrogen-bond donors (Lipinski definition) is 4. The SMILES string of the molecule is COc1ccc(NC(=O)/C=C/[C@H](CCc2ccccc2)NC(=O)[C@@H](N)C(C)C)cc1.O=C(O)C(F)(F)F. The second-order valence-electron chi connectivity index (χ2n) is 8.29. The minimum atomic E-state index is -5.08. The smallest absolute Gasteiger partial charge is 0.490 e. The molecule has 0 aliphatic rings. The van der Waals surface area contributed by atoms with Crippen molar-refractivity contribution >= 4 is 23.5 Å². The number of nitrogens with one attached hydrogen (secondary N) is 2. The lowest BCUT2D eigenvalue weighted by Crippen LogP contribution is -2.47. The molecule has 0 bridgehead atoms. The molecular weight excluding hydrogens is 491 g/mol. The Morgan fingerprint density at radius 3 is 2.11 bits per heavy atom. The highest BCUT2D eigenvalue weighted by Gasteiger charge is 2.38. The van der Waals surface area contributed by atoms with Gasteiger partial charge in [-0.05, 0) is 48.6 Å². The Labute approximate surface area is 213 Å². The number of nitrogens with two attached hydrogens (primary N) is 1. The number of ether oxygens (including phenoxy) is 1. The maximum absolute atomic E-state index is 12.4. The zero-order valence-corrected chi connectivity index (χ0v) is 20.8. The van der Waals surface area contributed by atoms with Crippen molar-refractivity contribution in [2.75, 3.05) is 12.4 Å². The van der Waals surface area contributed by atoms with Gasteiger partial charge in [-0.3, -0.25) is 9.59 Å². The minimum Gasteiger partial charge on any atom is -0.497 e. The van der Waals surface area contributed by atoms with Gasteiger partial charge >= 0.3 is 12.1 Å². The van der Waals surface area contributed by atoms with Crippen LogP contribution in [0.15, 0.2) is 66.7 Å². The number of carboxylic acid groups (broad SMARTS) is 1. The average molecular weight is 524 g/mol. The highest BCUT2D eigenvalue weighted by atomic mass is 19.4. The molecule has 2 aromatic carbocycles. The van der Waals surface area contributed by atoms with Crippen molar-refractivity contribution in [3.8, 4) is 5.75 Å². The molecule has 0 heterocycles. The van der Waals surface area contributed by atoms with Gasteiger partial charge in [0.15, 0.2) is 0 Å². The molecule has 0 aliphatic heterocycles. The van der Waals surface area contributed by atoms with Crippen molar-refractivity contribution in [2.24, 2.45) is 11.7 Å². The van der Waals surface area contributed by atoms with E-state index in [1.807, 2.05) is 44.2 Å². The van der Waals surface area contributed by atoms with Crippen molar-refractivity contribution in [3.63, 3.8) is 0 Å². The standard InChI is InChI=1S/C24H31N3O3.C2HF3O2/c1-17(2)23(25)24(29)27-20(10-9-18-7-5-4-6-8-18)13-16-22(28)26-19-11-14-21(30-3)15-12-19;3-2(4,5)1(6)7/h4-8,11-17,20,23H,9-10,25H2,1-3H3,(H,26,28)(H,27,29);(H,6,7)/b16-13+;/t20-,23-;/m0./s1. The van der Waals surface area contributed by atoms with Gasteiger partial charge in [0.05, 0.1) is 13.2 Å². The molecule has 0 unspecified atom stereocenters. The van der Waals surface area contributed by atoms with Crippen LogP contribution in [-0.2, 0) is 20.8 Å². The van der Waals surface area contributed by atoms with Crippen LogP contribution in [0.25, 0.3) is 0 Å². The highest BCUT2D eigenvalue weighted by Crippen LogP contribution is 2.15. The van der Waals surface area contributed by atoms with E-state index in [4.69, 9.17) is 20.4 Å². The van der Waals surface area contributed by atoms with Gasteiger partial charge in [-0.2, -0.15) is 13.2 Å². The number of anilines is 1. The van der Waals surface area contributed by atoms with Gasteiger partial charge in [0.1, 0.15) is 5.75 Å². The average Bonchev–Trinajstić information content (AvgIpc) is 2.85. The van der Waals surface area contributed by atoms with Crippen LogP contribution < -0.4 is 21.1 Å². The van der Waals surface area contributed by atoms with Crippen LogP contribution in [0.1, 0.15) is 25.8 Å². The molecule has 2 atom stereocenters. The number of halogens is 3. The molecule has 2 rings (SSSR count). The van der Waals surface area contributed by atoms with Gasteiger partial charge in [-0.1, -0.05) is 50.3 Å². The Hall–Kier alpha value is -3.86. The van der Waals surface area contributed by atoms with E-state index in [9.17, 15) is 22.8 Å². The fourth-order valence-electron chi connectivity index (χ4n) is 2.83. The van der Waals surface area contributed by atoms with E-state index in [0.29, 0.717) is 17.9 Å². The molecule has 2 aromatic rings. The summed E-state index contributed by atoms with van der Waals surface area (Å²) in [4.78, 5) is 33.6. The number of hydrogen-bond acceptors (Lipinski definition) is 5. The van der Waals surface area contributed by atoms with Gasteiger partial charge < -0.3 is 26.2 Å². The summed E-state index contributed by atoms with van der Waals surface area (Å²) >= 11 is 0. The Morgan fingerprint density at radius 1 is 1.05 bits per heavy atom. The second-order valence-corrected chi connectivity index (χ2v) is 8.29. The van der Waals surface area contributed by atoms with E-state index in [2.05, 4.69) is 10.6 Å². The second kappa shape index (κ2) is 15.3. The Bertz CT molecular complexity index is 1030. The molecule has 0 spiro atoms. The van der Waals surface area contributed by atoms with E-state index >= 15 is 0 Å². The lowest BCUT2D eigenvalue weighted by molar-refractivity contribution is -0.192. The van der Waals surface area contributed by atoms with Gasteiger partial charge in [-0.15, -0.1) is 0 Å². The first-order chi connectivity index (χ1) is 17.3. The van der Waals surface area contributed by atoms with Crippen LogP contribution in [-0.4, -0.2) is 48.3 Å². The molecule has 0 saturated heterocycles. The van der Waals surface area contributed by atoms with E-state index in [1.165, 1.54) is 11.6 Å². The molecule has 8 nitrogen and oxygen atoms in total. The number of amides is 2. The van der Waals surface area contributed by atoms with Crippen LogP contribution >= 0.6 is 0 Å². The molecule has 37 heavy (non-hydrogen) atoms. The van der Waals surface area contributed by atoms with Crippen molar-refractivity contribution in [1.82, 2.24) is 5.32 Å². The Kier molecular flexibility index (Phi) is 12.9. The van der Waals surface area contributed by atoms with Crippen LogP contribution in [0, 0.1) is 5.92 Å². The van der Waals surface area contributed by atoms with Gasteiger partial charge in [-0.25, -0.2) is 4.79 Å². The summed E-state index contributed by atoms with van der Waals surface area (Å²) in [6, 6.07) is 16.2. The summed E-state index contributed by atoms with van der Waals surface area (Å²) < 4.78 is 36.8. The molecule has 2 amide bonds. The van der Waals surface area contributed by atoms with Gasteiger partial charge in [0, 0.05) is 17.8 Å². The van der Waals surface area contributed by atoms with Crippen LogP contribution in [0.3, 0.4) is 0 Å². The monoisotopic (exact) mass is 523 g/mol. The number of carbonyl (C=O) groups excluding carboxylic acids is 2. The lowest BCUT2D eigenvalue weighted by Gasteiger charge is -2.20. The zero-order chi connectivity index (χ0) is 28.0. The molecule has 0 aromatic heterocycles. The normalized spacial score (nSPS) is 12.8. The summed E-state index contributed by atoms with van der Waals surface area (Å²) in [5.41, 5.74) is 7.80. The predicted molar refractivity (Wildman–Crippen MR) is 134 cm³/mol. The largest absolute Gasteiger partial charge is 0.497 e. The molecule has 0 aliphatic carbocycles. The summed E-state index contributed by atoms with van der Waals surface area (Å²) in [7, 11) is 1.59. The minimum absolute atomic E-state index is 0.0297. The fraction of sp³-hybridized carbons (Fsp3) is 0.346. The van der Waals surface area contributed by atoms with Crippen molar-refractivity contribution in [1.29, 1.82) is 0 Å². The van der Waals surface area contributed by atoms with Gasteiger partial charge in [0.25, 0.3) is 0 Å². The van der Waals surface area contributed by atoms with Crippen molar-refractivity contribution in [3.05, 3.63) is 72.3 Å². The van der Waals surface area contributed by atoms with E-state index < -0.39 is 18.2 Å². The van der Waals surface area contributed by atoms with Crippen molar-refractivity contribution < 1.29 is 37.4 Å². The third-order valence-electron chi connectivity index (χ3n) is 5.02. The topological polar surface area (TPSA) is 131 Å². The van der Waals surface area contributed by atoms with E-state index in [-0.39, 0.29) is 23.8 Å². The quantitative estimate of drug-likeness (QED) is 0.349. The number of benzene rings is 2. The summed E-state index contributed by atoms with van der Waals surface area (Å²) in [5.74, 6) is -2.50. The van der Waals surface area contributed by atoms with Crippen molar-refractivity contribution in [2.45, 2.75) is 44.9 Å². The number of alkyl halides is 3. The molecule has 202 valence electrons. The molecule has 11 heteroatoms. The first kappa shape index (κ1) is 31.2. The Balaban J connectivity index is 0.000000856. The molecular formula is C26H32F3N3O5. The number of aryl methyl sites for hydroxylation is 1. The third kappa shape index (κ3) is 12.6.